The molecule has 116 valence electrons. The monoisotopic (exact) mass is 289 g/mol. The van der Waals surface area contributed by atoms with Crippen molar-refractivity contribution in [3.8, 4) is 0 Å². The maximum Gasteiger partial charge on any atom is 0.238 e. The number of amides is 1. The van der Waals surface area contributed by atoms with Crippen LogP contribution in [0, 0.1) is 12.8 Å². The van der Waals surface area contributed by atoms with Crippen LogP contribution in [0.15, 0.2) is 18.2 Å². The Morgan fingerprint density at radius 3 is 2.86 bits per heavy atom. The van der Waals surface area contributed by atoms with Gasteiger partial charge >= 0.3 is 0 Å². The number of nitrogen functional groups attached to an aromatic ring is 1. The van der Waals surface area contributed by atoms with Crippen LogP contribution in [0.1, 0.15) is 38.2 Å². The predicted molar refractivity (Wildman–Crippen MR) is 88.3 cm³/mol. The third-order valence-corrected chi connectivity index (χ3v) is 4.41. The third-order valence-electron chi connectivity index (χ3n) is 4.41. The highest BCUT2D eigenvalue weighted by atomic mass is 16.2. The lowest BCUT2D eigenvalue weighted by Gasteiger charge is -2.33. The van der Waals surface area contributed by atoms with E-state index in [-0.39, 0.29) is 5.91 Å². The molecule has 1 amide bonds. The van der Waals surface area contributed by atoms with Gasteiger partial charge in [-0.1, -0.05) is 25.8 Å². The van der Waals surface area contributed by atoms with E-state index in [0.29, 0.717) is 24.0 Å². The smallest absolute Gasteiger partial charge is 0.238 e. The minimum Gasteiger partial charge on any atom is -0.397 e. The Hall–Kier alpha value is -1.55. The lowest BCUT2D eigenvalue weighted by molar-refractivity contribution is -0.117. The van der Waals surface area contributed by atoms with Gasteiger partial charge in [0.25, 0.3) is 0 Å². The first-order chi connectivity index (χ1) is 9.95. The molecule has 2 unspecified atom stereocenters. The van der Waals surface area contributed by atoms with Gasteiger partial charge in [-0.25, -0.2) is 0 Å². The second-order valence-electron chi connectivity index (χ2n) is 6.48. The second-order valence-corrected chi connectivity index (χ2v) is 6.48. The van der Waals surface area contributed by atoms with E-state index >= 15 is 0 Å². The number of nitrogens with one attached hydrogen (secondary N) is 1. The van der Waals surface area contributed by atoms with Crippen molar-refractivity contribution in [1.82, 2.24) is 4.90 Å². The number of hydrogen-bond donors (Lipinski definition) is 2. The second kappa shape index (κ2) is 6.94. The van der Waals surface area contributed by atoms with Gasteiger partial charge in [-0.15, -0.1) is 0 Å². The fraction of sp³-hybridized carbons (Fsp3) is 0.588. The Balaban J connectivity index is 1.89. The quantitative estimate of drug-likeness (QED) is 0.838. The van der Waals surface area contributed by atoms with Crippen LogP contribution in [0.3, 0.4) is 0 Å². The summed E-state index contributed by atoms with van der Waals surface area (Å²) in [6.45, 7) is 4.71. The number of benzene rings is 1. The number of carbonyl (C=O) groups is 1. The van der Waals surface area contributed by atoms with Crippen LogP contribution in [-0.2, 0) is 4.79 Å². The van der Waals surface area contributed by atoms with Gasteiger partial charge in [0, 0.05) is 6.04 Å². The summed E-state index contributed by atoms with van der Waals surface area (Å²) in [4.78, 5) is 14.4. The molecule has 1 aromatic carbocycles. The Labute approximate surface area is 127 Å². The van der Waals surface area contributed by atoms with Gasteiger partial charge in [0.1, 0.15) is 0 Å². The number of nitrogens with two attached hydrogens (primary N) is 1. The van der Waals surface area contributed by atoms with Gasteiger partial charge in [-0.2, -0.15) is 0 Å². The van der Waals surface area contributed by atoms with E-state index in [9.17, 15) is 4.79 Å². The van der Waals surface area contributed by atoms with Gasteiger partial charge in [0.05, 0.1) is 17.9 Å². The van der Waals surface area contributed by atoms with Crippen molar-refractivity contribution >= 4 is 17.3 Å². The fourth-order valence-corrected chi connectivity index (χ4v) is 3.14. The lowest BCUT2D eigenvalue weighted by Crippen LogP contribution is -2.40. The van der Waals surface area contributed by atoms with E-state index in [1.165, 1.54) is 25.7 Å². The molecule has 0 heterocycles. The van der Waals surface area contributed by atoms with E-state index in [2.05, 4.69) is 17.1 Å². The highest BCUT2D eigenvalue weighted by Crippen LogP contribution is 2.26. The van der Waals surface area contributed by atoms with Crippen molar-refractivity contribution in [1.29, 1.82) is 0 Å². The Kier molecular flexibility index (Phi) is 5.23. The Morgan fingerprint density at radius 1 is 1.43 bits per heavy atom. The number of anilines is 2. The van der Waals surface area contributed by atoms with Crippen LogP contribution in [0.5, 0.6) is 0 Å². The Bertz CT molecular complexity index is 501. The number of carbonyl (C=O) groups excluding carboxylic acids is 1. The zero-order valence-corrected chi connectivity index (χ0v) is 13.4. The van der Waals surface area contributed by atoms with E-state index < -0.39 is 0 Å². The molecular formula is C17H27N3O. The van der Waals surface area contributed by atoms with E-state index in [1.54, 1.807) is 0 Å². The molecule has 1 aromatic rings. The molecule has 0 bridgehead atoms. The number of nitrogens with zero attached hydrogens (tertiary/aromatic N) is 1. The molecule has 3 N–H and O–H groups in total. The standard InChI is InChI=1S/C17H27N3O/c1-12-5-4-6-14(9-12)20(3)11-17(21)19-16-8-7-13(2)10-15(16)18/h7-8,10,12,14H,4-6,9,11,18H2,1-3H3,(H,19,21). The summed E-state index contributed by atoms with van der Waals surface area (Å²) in [5.74, 6) is 0.772. The molecule has 0 aliphatic heterocycles. The summed E-state index contributed by atoms with van der Waals surface area (Å²) >= 11 is 0. The lowest BCUT2D eigenvalue weighted by atomic mass is 9.86. The molecule has 0 spiro atoms. The molecule has 4 nitrogen and oxygen atoms in total. The number of likely N-dealkylation sites (N-methyl/N-ethyl adjacent to an activating group) is 1. The predicted octanol–water partition coefficient (Wildman–Crippen LogP) is 3.03. The van der Waals surface area contributed by atoms with Crippen LogP contribution in [0.4, 0.5) is 11.4 Å². The average molecular weight is 289 g/mol. The molecule has 4 heteroatoms. The van der Waals surface area contributed by atoms with Crippen molar-refractivity contribution in [2.24, 2.45) is 5.92 Å². The number of hydrogen-bond acceptors (Lipinski definition) is 3. The number of aryl methyl sites for hydroxylation is 1. The third kappa shape index (κ3) is 4.46. The topological polar surface area (TPSA) is 58.4 Å². The first-order valence-corrected chi connectivity index (χ1v) is 7.82. The van der Waals surface area contributed by atoms with Crippen LogP contribution >= 0.6 is 0 Å². The summed E-state index contributed by atoms with van der Waals surface area (Å²) in [6, 6.07) is 6.22. The van der Waals surface area contributed by atoms with Gasteiger partial charge in [-0.05, 0) is 50.4 Å². The number of rotatable bonds is 4. The van der Waals surface area contributed by atoms with Crippen LogP contribution in [0.2, 0.25) is 0 Å². The van der Waals surface area contributed by atoms with Gasteiger partial charge in [0.2, 0.25) is 5.91 Å². The van der Waals surface area contributed by atoms with Crippen molar-refractivity contribution in [3.05, 3.63) is 23.8 Å². The van der Waals surface area contributed by atoms with Gasteiger partial charge in [-0.3, -0.25) is 9.69 Å². The molecule has 0 saturated heterocycles. The summed E-state index contributed by atoms with van der Waals surface area (Å²) in [7, 11) is 2.04. The largest absolute Gasteiger partial charge is 0.397 e. The molecule has 1 fully saturated rings. The molecule has 2 atom stereocenters. The first-order valence-electron chi connectivity index (χ1n) is 7.82. The zero-order valence-electron chi connectivity index (χ0n) is 13.4. The van der Waals surface area contributed by atoms with Crippen LogP contribution in [-0.4, -0.2) is 30.4 Å². The molecule has 1 saturated carbocycles. The van der Waals surface area contributed by atoms with E-state index in [1.807, 2.05) is 32.2 Å². The van der Waals surface area contributed by atoms with Crippen molar-refractivity contribution < 1.29 is 4.79 Å². The molecule has 0 aromatic heterocycles. The van der Waals surface area contributed by atoms with Crippen molar-refractivity contribution in [3.63, 3.8) is 0 Å². The summed E-state index contributed by atoms with van der Waals surface area (Å²) < 4.78 is 0. The molecular weight excluding hydrogens is 262 g/mol. The SMILES string of the molecule is Cc1ccc(NC(=O)CN(C)C2CCCC(C)C2)c(N)c1. The van der Waals surface area contributed by atoms with Crippen molar-refractivity contribution in [2.45, 2.75) is 45.6 Å². The first kappa shape index (κ1) is 15.8. The Morgan fingerprint density at radius 2 is 2.19 bits per heavy atom. The van der Waals surface area contributed by atoms with Crippen LogP contribution in [0.25, 0.3) is 0 Å². The summed E-state index contributed by atoms with van der Waals surface area (Å²) in [5, 5.41) is 2.91. The van der Waals surface area contributed by atoms with E-state index in [4.69, 9.17) is 5.73 Å². The maximum absolute atomic E-state index is 12.2. The molecule has 21 heavy (non-hydrogen) atoms. The summed E-state index contributed by atoms with van der Waals surface area (Å²) in [6.07, 6.45) is 4.97. The van der Waals surface area contributed by atoms with E-state index in [0.717, 1.165) is 11.5 Å². The van der Waals surface area contributed by atoms with Crippen molar-refractivity contribution in [2.75, 3.05) is 24.6 Å². The minimum atomic E-state index is 0.00581. The maximum atomic E-state index is 12.2. The molecule has 1 aliphatic carbocycles. The van der Waals surface area contributed by atoms with Gasteiger partial charge < -0.3 is 11.1 Å². The summed E-state index contributed by atoms with van der Waals surface area (Å²) in [5.41, 5.74) is 8.36. The normalized spacial score (nSPS) is 22.3. The van der Waals surface area contributed by atoms with Crippen LogP contribution < -0.4 is 11.1 Å². The highest BCUT2D eigenvalue weighted by molar-refractivity contribution is 5.95. The zero-order chi connectivity index (χ0) is 15.4. The minimum absolute atomic E-state index is 0.00581. The average Bonchev–Trinajstić information content (AvgIpc) is 2.42. The molecule has 2 rings (SSSR count). The fourth-order valence-electron chi connectivity index (χ4n) is 3.14. The molecule has 0 radical (unpaired) electrons. The molecule has 1 aliphatic rings. The highest BCUT2D eigenvalue weighted by Gasteiger charge is 2.23. The van der Waals surface area contributed by atoms with Gasteiger partial charge in [0.15, 0.2) is 0 Å².